The van der Waals surface area contributed by atoms with Gasteiger partial charge in [0, 0.05) is 25.9 Å². The maximum atomic E-state index is 10.7. The second-order valence-corrected chi connectivity index (χ2v) is 3.04. The predicted molar refractivity (Wildman–Crippen MR) is 47.8 cm³/mol. The zero-order valence-corrected chi connectivity index (χ0v) is 7.58. The van der Waals surface area contributed by atoms with Crippen LogP contribution < -0.4 is 0 Å². The minimum Gasteiger partial charge on any atom is -0.461 e. The van der Waals surface area contributed by atoms with Gasteiger partial charge in [-0.1, -0.05) is 5.92 Å². The number of esters is 1. The molecule has 1 N–H and O–H groups in total. The molecule has 0 unspecified atom stereocenters. The molecule has 3 nitrogen and oxygen atoms in total. The van der Waals surface area contributed by atoms with Crippen molar-refractivity contribution < 1.29 is 14.6 Å². The van der Waals surface area contributed by atoms with Crippen LogP contribution in [0.1, 0.15) is 32.1 Å². The molecule has 0 spiro atoms. The van der Waals surface area contributed by atoms with Gasteiger partial charge in [-0.05, 0) is 12.8 Å². The van der Waals surface area contributed by atoms with E-state index in [1.165, 1.54) is 0 Å². The molecule has 3 heteroatoms. The molecule has 1 atom stereocenters. The highest BCUT2D eigenvalue weighted by Crippen LogP contribution is 2.15. The molecule has 1 aliphatic rings. The van der Waals surface area contributed by atoms with E-state index in [1.807, 2.05) is 0 Å². The van der Waals surface area contributed by atoms with Crippen LogP contribution in [0.4, 0.5) is 0 Å². The number of ether oxygens (including phenoxy) is 1. The molecule has 0 saturated carbocycles. The maximum absolute atomic E-state index is 10.7. The third kappa shape index (κ3) is 3.95. The van der Waals surface area contributed by atoms with E-state index in [-0.39, 0.29) is 18.7 Å². The average molecular weight is 182 g/mol. The van der Waals surface area contributed by atoms with E-state index < -0.39 is 0 Å². The lowest BCUT2D eigenvalue weighted by molar-refractivity contribution is -0.141. The van der Waals surface area contributed by atoms with Crippen LogP contribution in [0.25, 0.3) is 0 Å². The van der Waals surface area contributed by atoms with Gasteiger partial charge in [0.05, 0.1) is 0 Å². The summed E-state index contributed by atoms with van der Waals surface area (Å²) < 4.78 is 4.98. The van der Waals surface area contributed by atoms with Gasteiger partial charge in [0.2, 0.25) is 0 Å². The SMILES string of the molecule is O=C1CC[C@H](CC#CCCCO)O1. The van der Waals surface area contributed by atoms with E-state index in [2.05, 4.69) is 11.8 Å². The van der Waals surface area contributed by atoms with Crippen molar-refractivity contribution in [1.29, 1.82) is 0 Å². The van der Waals surface area contributed by atoms with Crippen molar-refractivity contribution in [2.45, 2.75) is 38.2 Å². The van der Waals surface area contributed by atoms with Gasteiger partial charge in [-0.25, -0.2) is 0 Å². The number of unbranched alkanes of at least 4 members (excludes halogenated alkanes) is 1. The molecule has 0 amide bonds. The Morgan fingerprint density at radius 1 is 1.54 bits per heavy atom. The summed E-state index contributed by atoms with van der Waals surface area (Å²) in [6.07, 6.45) is 3.41. The molecule has 0 bridgehead atoms. The largest absolute Gasteiger partial charge is 0.461 e. The number of cyclic esters (lactones) is 1. The summed E-state index contributed by atoms with van der Waals surface area (Å²) in [7, 11) is 0. The lowest BCUT2D eigenvalue weighted by Crippen LogP contribution is -2.04. The summed E-state index contributed by atoms with van der Waals surface area (Å²) in [5.41, 5.74) is 0. The molecule has 0 radical (unpaired) electrons. The van der Waals surface area contributed by atoms with Crippen LogP contribution in [0.3, 0.4) is 0 Å². The lowest BCUT2D eigenvalue weighted by Gasteiger charge is -2.02. The first-order valence-electron chi connectivity index (χ1n) is 4.59. The number of hydrogen-bond acceptors (Lipinski definition) is 3. The normalized spacial score (nSPS) is 20.7. The Labute approximate surface area is 78.1 Å². The second-order valence-electron chi connectivity index (χ2n) is 3.04. The van der Waals surface area contributed by atoms with Gasteiger partial charge < -0.3 is 9.84 Å². The van der Waals surface area contributed by atoms with Gasteiger partial charge in [-0.3, -0.25) is 4.79 Å². The first-order chi connectivity index (χ1) is 6.33. The van der Waals surface area contributed by atoms with E-state index >= 15 is 0 Å². The fourth-order valence-electron chi connectivity index (χ4n) is 1.17. The first-order valence-corrected chi connectivity index (χ1v) is 4.59. The van der Waals surface area contributed by atoms with Crippen molar-refractivity contribution >= 4 is 5.97 Å². The molecule has 0 aromatic heterocycles. The molecule has 1 fully saturated rings. The standard InChI is InChI=1S/C10H14O3/c11-8-4-2-1-3-5-9-6-7-10(12)13-9/h9,11H,2,4-8H2/t9-/m0/s1. The molecule has 1 saturated heterocycles. The van der Waals surface area contributed by atoms with E-state index in [0.29, 0.717) is 12.8 Å². The molecule has 0 aromatic carbocycles. The minimum absolute atomic E-state index is 0.00845. The summed E-state index contributed by atoms with van der Waals surface area (Å²) in [5.74, 6) is 5.76. The quantitative estimate of drug-likeness (QED) is 0.400. The second kappa shape index (κ2) is 5.60. The number of aliphatic hydroxyl groups excluding tert-OH is 1. The molecular formula is C10H14O3. The highest BCUT2D eigenvalue weighted by atomic mass is 16.5. The molecule has 1 rings (SSSR count). The zero-order valence-electron chi connectivity index (χ0n) is 7.58. The highest BCUT2D eigenvalue weighted by molar-refractivity contribution is 5.71. The van der Waals surface area contributed by atoms with Crippen LogP contribution in [-0.2, 0) is 9.53 Å². The Kier molecular flexibility index (Phi) is 4.34. The van der Waals surface area contributed by atoms with Crippen LogP contribution in [-0.4, -0.2) is 23.8 Å². The van der Waals surface area contributed by atoms with Crippen LogP contribution in [0.2, 0.25) is 0 Å². The van der Waals surface area contributed by atoms with Crippen LogP contribution >= 0.6 is 0 Å². The van der Waals surface area contributed by atoms with Crippen LogP contribution in [0.5, 0.6) is 0 Å². The van der Waals surface area contributed by atoms with Crippen molar-refractivity contribution in [3.05, 3.63) is 0 Å². The molecular weight excluding hydrogens is 168 g/mol. The van der Waals surface area contributed by atoms with E-state index in [1.54, 1.807) is 0 Å². The molecule has 0 aromatic rings. The Hall–Kier alpha value is -1.01. The first kappa shape index (κ1) is 10.1. The Bertz CT molecular complexity index is 224. The monoisotopic (exact) mass is 182 g/mol. The highest BCUT2D eigenvalue weighted by Gasteiger charge is 2.21. The Morgan fingerprint density at radius 3 is 3.00 bits per heavy atom. The number of hydrogen-bond donors (Lipinski definition) is 1. The summed E-state index contributed by atoms with van der Waals surface area (Å²) >= 11 is 0. The molecule has 1 heterocycles. The average Bonchev–Trinajstić information content (AvgIpc) is 2.51. The number of carbonyl (C=O) groups is 1. The summed E-state index contributed by atoms with van der Waals surface area (Å²) in [4.78, 5) is 10.7. The summed E-state index contributed by atoms with van der Waals surface area (Å²) in [5, 5.41) is 8.47. The van der Waals surface area contributed by atoms with Crippen molar-refractivity contribution in [2.24, 2.45) is 0 Å². The number of carbonyl (C=O) groups excluding carboxylic acids is 1. The molecule has 1 aliphatic heterocycles. The fraction of sp³-hybridized carbons (Fsp3) is 0.700. The van der Waals surface area contributed by atoms with Gasteiger partial charge >= 0.3 is 5.97 Å². The van der Waals surface area contributed by atoms with Crippen molar-refractivity contribution in [3.8, 4) is 11.8 Å². The minimum atomic E-state index is -0.109. The molecule has 72 valence electrons. The Balaban J connectivity index is 2.10. The molecule has 13 heavy (non-hydrogen) atoms. The summed E-state index contributed by atoms with van der Waals surface area (Å²) in [6, 6.07) is 0. The number of aliphatic hydroxyl groups is 1. The van der Waals surface area contributed by atoms with Gasteiger partial charge in [0.1, 0.15) is 6.10 Å². The van der Waals surface area contributed by atoms with Crippen LogP contribution in [0.15, 0.2) is 0 Å². The lowest BCUT2D eigenvalue weighted by atomic mass is 10.2. The van der Waals surface area contributed by atoms with Crippen LogP contribution in [0, 0.1) is 11.8 Å². The van der Waals surface area contributed by atoms with Gasteiger partial charge in [0.25, 0.3) is 0 Å². The van der Waals surface area contributed by atoms with E-state index in [4.69, 9.17) is 9.84 Å². The smallest absolute Gasteiger partial charge is 0.306 e. The topological polar surface area (TPSA) is 46.5 Å². The van der Waals surface area contributed by atoms with Crippen molar-refractivity contribution in [1.82, 2.24) is 0 Å². The third-order valence-corrected chi connectivity index (χ3v) is 1.88. The fourth-order valence-corrected chi connectivity index (χ4v) is 1.17. The maximum Gasteiger partial charge on any atom is 0.306 e. The van der Waals surface area contributed by atoms with Crippen molar-refractivity contribution in [2.75, 3.05) is 6.61 Å². The molecule has 0 aliphatic carbocycles. The van der Waals surface area contributed by atoms with Gasteiger partial charge in [-0.15, -0.1) is 5.92 Å². The van der Waals surface area contributed by atoms with Crippen molar-refractivity contribution in [3.63, 3.8) is 0 Å². The summed E-state index contributed by atoms with van der Waals surface area (Å²) in [6.45, 7) is 0.188. The predicted octanol–water partition coefficient (Wildman–Crippen LogP) is 0.858. The Morgan fingerprint density at radius 2 is 2.38 bits per heavy atom. The van der Waals surface area contributed by atoms with Gasteiger partial charge in [0.15, 0.2) is 0 Å². The third-order valence-electron chi connectivity index (χ3n) is 1.88. The van der Waals surface area contributed by atoms with E-state index in [0.717, 1.165) is 19.3 Å². The van der Waals surface area contributed by atoms with E-state index in [9.17, 15) is 4.79 Å². The zero-order chi connectivity index (χ0) is 9.52. The van der Waals surface area contributed by atoms with Gasteiger partial charge in [-0.2, -0.15) is 0 Å². The number of rotatable bonds is 3.